The van der Waals surface area contributed by atoms with Gasteiger partial charge in [-0.2, -0.15) is 0 Å². The van der Waals surface area contributed by atoms with Gasteiger partial charge in [0.25, 0.3) is 0 Å². The molecular weight excluding hydrogens is 274 g/mol. The number of aromatic carboxylic acids is 1. The molecular formula is C15H15NO3S. The predicted molar refractivity (Wildman–Crippen MR) is 77.2 cm³/mol. The average molecular weight is 289 g/mol. The summed E-state index contributed by atoms with van der Waals surface area (Å²) in [6.45, 7) is 0.799. The van der Waals surface area contributed by atoms with Crippen LogP contribution in [0.15, 0.2) is 30.3 Å². The second-order valence-electron chi connectivity index (χ2n) is 4.80. The van der Waals surface area contributed by atoms with Crippen molar-refractivity contribution < 1.29 is 14.6 Å². The maximum absolute atomic E-state index is 11.4. The van der Waals surface area contributed by atoms with E-state index in [1.807, 2.05) is 30.3 Å². The molecule has 0 saturated carbocycles. The molecule has 2 heterocycles. The number of thiazole rings is 1. The molecule has 1 saturated heterocycles. The number of carboxylic acids is 1. The van der Waals surface area contributed by atoms with Gasteiger partial charge in [-0.05, 0) is 18.4 Å². The molecule has 1 aromatic heterocycles. The number of hydrogen-bond donors (Lipinski definition) is 1. The lowest BCUT2D eigenvalue weighted by atomic mass is 10.1. The molecule has 2 aromatic rings. The van der Waals surface area contributed by atoms with Gasteiger partial charge >= 0.3 is 5.97 Å². The minimum absolute atomic E-state index is 0.147. The van der Waals surface area contributed by atoms with Crippen LogP contribution in [0.5, 0.6) is 0 Å². The quantitative estimate of drug-likeness (QED) is 0.938. The first kappa shape index (κ1) is 13.3. The average Bonchev–Trinajstić information content (AvgIpc) is 3.10. The van der Waals surface area contributed by atoms with Crippen molar-refractivity contribution in [3.63, 3.8) is 0 Å². The Labute approximate surface area is 121 Å². The summed E-state index contributed by atoms with van der Waals surface area (Å²) in [6, 6.07) is 9.55. The Morgan fingerprint density at radius 1 is 1.40 bits per heavy atom. The monoisotopic (exact) mass is 289 g/mol. The molecule has 1 unspecified atom stereocenters. The second-order valence-corrected chi connectivity index (χ2v) is 5.88. The van der Waals surface area contributed by atoms with Crippen LogP contribution >= 0.6 is 11.3 Å². The van der Waals surface area contributed by atoms with Crippen molar-refractivity contribution in [3.05, 3.63) is 41.0 Å². The summed E-state index contributed by atoms with van der Waals surface area (Å²) in [5.74, 6) is -0.973. The van der Waals surface area contributed by atoms with Crippen LogP contribution in [0, 0.1) is 0 Å². The molecule has 1 aliphatic rings. The van der Waals surface area contributed by atoms with Gasteiger partial charge in [0.05, 0.1) is 16.0 Å². The van der Waals surface area contributed by atoms with Gasteiger partial charge in [-0.3, -0.25) is 0 Å². The Hall–Kier alpha value is -1.72. The van der Waals surface area contributed by atoms with Gasteiger partial charge in [0, 0.05) is 13.0 Å². The summed E-state index contributed by atoms with van der Waals surface area (Å²) >= 11 is 1.46. The molecule has 1 fully saturated rings. The number of hydrogen-bond acceptors (Lipinski definition) is 4. The zero-order valence-corrected chi connectivity index (χ0v) is 11.7. The van der Waals surface area contributed by atoms with Gasteiger partial charge in [0.15, 0.2) is 5.69 Å². The third-order valence-corrected chi connectivity index (χ3v) is 4.46. The van der Waals surface area contributed by atoms with Crippen LogP contribution < -0.4 is 0 Å². The van der Waals surface area contributed by atoms with Gasteiger partial charge in [-0.1, -0.05) is 30.3 Å². The van der Waals surface area contributed by atoms with Crippen molar-refractivity contribution in [3.8, 4) is 10.4 Å². The largest absolute Gasteiger partial charge is 0.476 e. The summed E-state index contributed by atoms with van der Waals surface area (Å²) in [5, 5.41) is 10.2. The number of nitrogens with zero attached hydrogens (tertiary/aromatic N) is 1. The van der Waals surface area contributed by atoms with Crippen molar-refractivity contribution in [1.29, 1.82) is 0 Å². The van der Waals surface area contributed by atoms with Crippen molar-refractivity contribution in [2.45, 2.75) is 25.4 Å². The maximum Gasteiger partial charge on any atom is 0.356 e. The van der Waals surface area contributed by atoms with Gasteiger partial charge in [0.1, 0.15) is 0 Å². The fourth-order valence-corrected chi connectivity index (χ4v) is 3.51. The van der Waals surface area contributed by atoms with E-state index in [0.717, 1.165) is 34.9 Å². The molecule has 5 heteroatoms. The van der Waals surface area contributed by atoms with Crippen LogP contribution in [-0.2, 0) is 11.2 Å². The maximum atomic E-state index is 11.4. The molecule has 0 bridgehead atoms. The number of carbonyl (C=O) groups is 1. The molecule has 0 amide bonds. The molecule has 0 aliphatic carbocycles. The zero-order chi connectivity index (χ0) is 13.9. The van der Waals surface area contributed by atoms with Crippen LogP contribution in [0.25, 0.3) is 10.4 Å². The van der Waals surface area contributed by atoms with E-state index in [9.17, 15) is 9.90 Å². The van der Waals surface area contributed by atoms with Gasteiger partial charge in [0.2, 0.25) is 0 Å². The van der Waals surface area contributed by atoms with E-state index >= 15 is 0 Å². The van der Waals surface area contributed by atoms with Crippen molar-refractivity contribution in [1.82, 2.24) is 4.98 Å². The molecule has 0 radical (unpaired) electrons. The summed E-state index contributed by atoms with van der Waals surface area (Å²) < 4.78 is 5.59. The van der Waals surface area contributed by atoms with Crippen molar-refractivity contribution in [2.75, 3.05) is 6.61 Å². The summed E-state index contributed by atoms with van der Waals surface area (Å²) in [6.07, 6.45) is 3.00. The third-order valence-electron chi connectivity index (χ3n) is 3.34. The standard InChI is InChI=1S/C15H15NO3S/c17-15(18)13-14(10-5-2-1-3-6-10)20-12(16-13)9-11-7-4-8-19-11/h1-3,5-6,11H,4,7-9H2,(H,17,18). The topological polar surface area (TPSA) is 59.4 Å². The molecule has 1 aromatic carbocycles. The lowest BCUT2D eigenvalue weighted by molar-refractivity contribution is 0.0691. The fourth-order valence-electron chi connectivity index (χ4n) is 2.38. The van der Waals surface area contributed by atoms with Crippen molar-refractivity contribution >= 4 is 17.3 Å². The Balaban J connectivity index is 1.92. The normalized spacial score (nSPS) is 18.3. The number of aromatic nitrogens is 1. The van der Waals surface area contributed by atoms with E-state index in [-0.39, 0.29) is 11.8 Å². The molecule has 1 aliphatic heterocycles. The molecule has 3 rings (SSSR count). The predicted octanol–water partition coefficient (Wildman–Crippen LogP) is 3.23. The van der Waals surface area contributed by atoms with Crippen LogP contribution in [0.3, 0.4) is 0 Å². The number of carboxylic acid groups (broad SMARTS) is 1. The first-order chi connectivity index (χ1) is 9.74. The molecule has 0 spiro atoms. The first-order valence-electron chi connectivity index (χ1n) is 6.64. The van der Waals surface area contributed by atoms with Crippen LogP contribution in [0.1, 0.15) is 28.3 Å². The van der Waals surface area contributed by atoms with Gasteiger partial charge in [-0.15, -0.1) is 11.3 Å². The first-order valence-corrected chi connectivity index (χ1v) is 7.45. The van der Waals surface area contributed by atoms with Crippen LogP contribution in [0.4, 0.5) is 0 Å². The minimum Gasteiger partial charge on any atom is -0.476 e. The smallest absolute Gasteiger partial charge is 0.356 e. The third kappa shape index (κ3) is 2.73. The van der Waals surface area contributed by atoms with E-state index in [1.54, 1.807) is 0 Å². The second kappa shape index (κ2) is 5.73. The summed E-state index contributed by atoms with van der Waals surface area (Å²) in [4.78, 5) is 16.4. The SMILES string of the molecule is O=C(O)c1nc(CC2CCCO2)sc1-c1ccccc1. The highest BCUT2D eigenvalue weighted by atomic mass is 32.1. The highest BCUT2D eigenvalue weighted by Gasteiger charge is 2.22. The summed E-state index contributed by atoms with van der Waals surface area (Å²) in [7, 11) is 0. The number of benzene rings is 1. The highest BCUT2D eigenvalue weighted by Crippen LogP contribution is 2.32. The molecule has 104 valence electrons. The minimum atomic E-state index is -0.973. The van der Waals surface area contributed by atoms with Gasteiger partial charge in [-0.25, -0.2) is 9.78 Å². The van der Waals surface area contributed by atoms with Crippen LogP contribution in [0.2, 0.25) is 0 Å². The number of rotatable bonds is 4. The Morgan fingerprint density at radius 3 is 2.85 bits per heavy atom. The van der Waals surface area contributed by atoms with Crippen molar-refractivity contribution in [2.24, 2.45) is 0 Å². The van der Waals surface area contributed by atoms with E-state index in [1.165, 1.54) is 11.3 Å². The lowest BCUT2D eigenvalue weighted by Gasteiger charge is -2.05. The zero-order valence-electron chi connectivity index (χ0n) is 10.9. The number of ether oxygens (including phenoxy) is 1. The van der Waals surface area contributed by atoms with E-state index in [4.69, 9.17) is 4.74 Å². The fraction of sp³-hybridized carbons (Fsp3) is 0.333. The molecule has 1 N–H and O–H groups in total. The molecule has 1 atom stereocenters. The van der Waals surface area contributed by atoms with E-state index < -0.39 is 5.97 Å². The van der Waals surface area contributed by atoms with E-state index in [0.29, 0.717) is 6.42 Å². The van der Waals surface area contributed by atoms with E-state index in [2.05, 4.69) is 4.98 Å². The lowest BCUT2D eigenvalue weighted by Crippen LogP contribution is -2.09. The van der Waals surface area contributed by atoms with Crippen LogP contribution in [-0.4, -0.2) is 28.8 Å². The Morgan fingerprint density at radius 2 is 2.20 bits per heavy atom. The molecule has 4 nitrogen and oxygen atoms in total. The summed E-state index contributed by atoms with van der Waals surface area (Å²) in [5.41, 5.74) is 1.05. The van der Waals surface area contributed by atoms with Gasteiger partial charge < -0.3 is 9.84 Å². The Bertz CT molecular complexity index is 603. The highest BCUT2D eigenvalue weighted by molar-refractivity contribution is 7.15. The Kier molecular flexibility index (Phi) is 3.80. The molecule has 20 heavy (non-hydrogen) atoms.